The summed E-state index contributed by atoms with van der Waals surface area (Å²) in [5, 5.41) is 0. The van der Waals surface area contributed by atoms with Crippen LogP contribution in [0.4, 0.5) is 0 Å². The molecule has 0 saturated carbocycles. The van der Waals surface area contributed by atoms with Crippen LogP contribution in [0, 0.1) is 0 Å². The third kappa shape index (κ3) is 0.536. The quantitative estimate of drug-likeness (QED) is 0.415. The Balaban J connectivity index is 2.43. The zero-order valence-electron chi connectivity index (χ0n) is 4.22. The second-order valence-electron chi connectivity index (χ2n) is 1.83. The van der Waals surface area contributed by atoms with E-state index in [1.807, 2.05) is 7.05 Å². The van der Waals surface area contributed by atoms with Gasteiger partial charge in [-0.3, -0.25) is 9.69 Å². The third-order valence-corrected chi connectivity index (χ3v) is 1.21. The van der Waals surface area contributed by atoms with E-state index >= 15 is 0 Å². The number of likely N-dealkylation sites (N-methyl/N-ethyl adjacent to an activating group) is 1. The summed E-state index contributed by atoms with van der Waals surface area (Å²) in [5.41, 5.74) is 5.24. The molecule has 0 amide bonds. The van der Waals surface area contributed by atoms with E-state index in [1.165, 1.54) is 0 Å². The van der Waals surface area contributed by atoms with Crippen molar-refractivity contribution in [3.05, 3.63) is 0 Å². The average Bonchev–Trinajstić information content (AvgIpc) is 1.68. The first-order chi connectivity index (χ1) is 3.22. The first kappa shape index (κ1) is 4.74. The Morgan fingerprint density at radius 2 is 2.57 bits per heavy atom. The molecule has 1 aliphatic heterocycles. The SMILES string of the molecule is CN1CC(=O)C1N. The molecular formula is C4H8N2O. The summed E-state index contributed by atoms with van der Waals surface area (Å²) in [6.07, 6.45) is -0.306. The average molecular weight is 100 g/mol. The maximum Gasteiger partial charge on any atom is 0.178 e. The van der Waals surface area contributed by atoms with Gasteiger partial charge in [-0.2, -0.15) is 0 Å². The van der Waals surface area contributed by atoms with Crippen molar-refractivity contribution < 1.29 is 4.79 Å². The second-order valence-corrected chi connectivity index (χ2v) is 1.83. The summed E-state index contributed by atoms with van der Waals surface area (Å²) in [5.74, 6) is 0.141. The molecule has 1 rings (SSSR count). The van der Waals surface area contributed by atoms with Gasteiger partial charge in [0.25, 0.3) is 0 Å². The number of nitrogens with two attached hydrogens (primary N) is 1. The highest BCUT2D eigenvalue weighted by molar-refractivity contribution is 5.90. The molecule has 0 aromatic rings. The minimum absolute atomic E-state index is 0.141. The Labute approximate surface area is 42.1 Å². The highest BCUT2D eigenvalue weighted by Crippen LogP contribution is 2.01. The van der Waals surface area contributed by atoms with Gasteiger partial charge in [-0.1, -0.05) is 0 Å². The van der Waals surface area contributed by atoms with Crippen LogP contribution in [-0.2, 0) is 4.79 Å². The van der Waals surface area contributed by atoms with Gasteiger partial charge in [0.1, 0.15) is 6.17 Å². The Hall–Kier alpha value is -0.410. The van der Waals surface area contributed by atoms with Crippen molar-refractivity contribution >= 4 is 5.78 Å². The molecule has 7 heavy (non-hydrogen) atoms. The number of ketones is 1. The molecule has 3 nitrogen and oxygen atoms in total. The van der Waals surface area contributed by atoms with Gasteiger partial charge in [0.2, 0.25) is 0 Å². The molecular weight excluding hydrogens is 92.1 g/mol. The van der Waals surface area contributed by atoms with Crippen molar-refractivity contribution in [1.29, 1.82) is 0 Å². The Kier molecular flexibility index (Phi) is 0.867. The van der Waals surface area contributed by atoms with Crippen LogP contribution < -0.4 is 5.73 Å². The maximum atomic E-state index is 10.3. The molecule has 0 spiro atoms. The third-order valence-electron chi connectivity index (χ3n) is 1.21. The van der Waals surface area contributed by atoms with Crippen LogP contribution in [0.1, 0.15) is 0 Å². The molecule has 0 aromatic carbocycles. The van der Waals surface area contributed by atoms with Gasteiger partial charge in [0, 0.05) is 0 Å². The lowest BCUT2D eigenvalue weighted by Gasteiger charge is -2.32. The van der Waals surface area contributed by atoms with Gasteiger partial charge >= 0.3 is 0 Å². The summed E-state index contributed by atoms with van der Waals surface area (Å²) in [6.45, 7) is 0.529. The Morgan fingerprint density at radius 3 is 2.57 bits per heavy atom. The Morgan fingerprint density at radius 1 is 2.00 bits per heavy atom. The van der Waals surface area contributed by atoms with Gasteiger partial charge in [-0.05, 0) is 7.05 Å². The van der Waals surface area contributed by atoms with E-state index in [2.05, 4.69) is 0 Å². The van der Waals surface area contributed by atoms with Crippen molar-refractivity contribution in [2.45, 2.75) is 6.17 Å². The number of nitrogens with zero attached hydrogens (tertiary/aromatic N) is 1. The molecule has 1 saturated heterocycles. The molecule has 3 heteroatoms. The maximum absolute atomic E-state index is 10.3. The number of likely N-dealkylation sites (tertiary alicyclic amines) is 1. The van der Waals surface area contributed by atoms with Gasteiger partial charge in [-0.25, -0.2) is 0 Å². The lowest BCUT2D eigenvalue weighted by atomic mass is 10.1. The topological polar surface area (TPSA) is 46.3 Å². The highest BCUT2D eigenvalue weighted by Gasteiger charge is 2.29. The van der Waals surface area contributed by atoms with Crippen molar-refractivity contribution in [2.24, 2.45) is 5.73 Å². The molecule has 0 aliphatic carbocycles. The monoisotopic (exact) mass is 100 g/mol. The molecule has 0 aromatic heterocycles. The summed E-state index contributed by atoms with van der Waals surface area (Å²) in [6, 6.07) is 0. The summed E-state index contributed by atoms with van der Waals surface area (Å²) in [4.78, 5) is 12.1. The lowest BCUT2D eigenvalue weighted by molar-refractivity contribution is -0.134. The van der Waals surface area contributed by atoms with Gasteiger partial charge < -0.3 is 5.73 Å². The zero-order valence-corrected chi connectivity index (χ0v) is 4.22. The summed E-state index contributed by atoms with van der Waals surface area (Å²) < 4.78 is 0. The van der Waals surface area contributed by atoms with Crippen LogP contribution in [0.3, 0.4) is 0 Å². The van der Waals surface area contributed by atoms with Gasteiger partial charge in [0.05, 0.1) is 6.54 Å². The number of Topliss-reactive ketones (excluding diaryl/α,β-unsaturated/α-hetero) is 1. The van der Waals surface area contributed by atoms with Crippen LogP contribution in [0.5, 0.6) is 0 Å². The van der Waals surface area contributed by atoms with Gasteiger partial charge in [-0.15, -0.1) is 0 Å². The fourth-order valence-corrected chi connectivity index (χ4v) is 0.571. The zero-order chi connectivity index (χ0) is 5.44. The predicted octanol–water partition coefficient (Wildman–Crippen LogP) is -1.21. The number of hydrogen-bond donors (Lipinski definition) is 1. The van der Waals surface area contributed by atoms with E-state index < -0.39 is 0 Å². The van der Waals surface area contributed by atoms with Gasteiger partial charge in [0.15, 0.2) is 5.78 Å². The van der Waals surface area contributed by atoms with Crippen LogP contribution in [0.2, 0.25) is 0 Å². The Bertz CT molecular complexity index is 102. The van der Waals surface area contributed by atoms with Crippen molar-refractivity contribution in [3.8, 4) is 0 Å². The fraction of sp³-hybridized carbons (Fsp3) is 0.750. The highest BCUT2D eigenvalue weighted by atomic mass is 16.1. The van der Waals surface area contributed by atoms with E-state index in [9.17, 15) is 4.79 Å². The van der Waals surface area contributed by atoms with E-state index in [-0.39, 0.29) is 11.9 Å². The predicted molar refractivity (Wildman–Crippen MR) is 25.6 cm³/mol. The molecule has 1 aliphatic rings. The lowest BCUT2D eigenvalue weighted by Crippen LogP contribution is -2.59. The largest absolute Gasteiger partial charge is 0.309 e. The van der Waals surface area contributed by atoms with Crippen molar-refractivity contribution in [1.82, 2.24) is 4.90 Å². The molecule has 40 valence electrons. The number of rotatable bonds is 0. The van der Waals surface area contributed by atoms with E-state index in [0.717, 1.165) is 0 Å². The molecule has 1 fully saturated rings. The first-order valence-electron chi connectivity index (χ1n) is 2.20. The van der Waals surface area contributed by atoms with Crippen molar-refractivity contribution in [3.63, 3.8) is 0 Å². The van der Waals surface area contributed by atoms with E-state index in [1.54, 1.807) is 4.90 Å². The first-order valence-corrected chi connectivity index (χ1v) is 2.20. The van der Waals surface area contributed by atoms with E-state index in [0.29, 0.717) is 6.54 Å². The standard InChI is InChI=1S/C4H8N2O/c1-6-2-3(7)4(6)5/h4H,2,5H2,1H3. The number of carbonyl (C=O) groups is 1. The molecule has 1 unspecified atom stereocenters. The molecule has 0 radical (unpaired) electrons. The minimum atomic E-state index is -0.306. The number of carbonyl (C=O) groups excluding carboxylic acids is 1. The fourth-order valence-electron chi connectivity index (χ4n) is 0.571. The van der Waals surface area contributed by atoms with Crippen LogP contribution in [0.25, 0.3) is 0 Å². The van der Waals surface area contributed by atoms with Crippen LogP contribution in [0.15, 0.2) is 0 Å². The smallest absolute Gasteiger partial charge is 0.178 e. The normalized spacial score (nSPS) is 32.9. The number of hydrogen-bond acceptors (Lipinski definition) is 3. The molecule has 1 atom stereocenters. The molecule has 2 N–H and O–H groups in total. The van der Waals surface area contributed by atoms with E-state index in [4.69, 9.17) is 5.73 Å². The minimum Gasteiger partial charge on any atom is -0.309 e. The molecule has 1 heterocycles. The van der Waals surface area contributed by atoms with Crippen LogP contribution >= 0.6 is 0 Å². The summed E-state index contributed by atoms with van der Waals surface area (Å²) >= 11 is 0. The molecule has 0 bridgehead atoms. The summed E-state index contributed by atoms with van der Waals surface area (Å²) in [7, 11) is 1.83. The second kappa shape index (κ2) is 1.28. The van der Waals surface area contributed by atoms with Crippen molar-refractivity contribution in [2.75, 3.05) is 13.6 Å². The van der Waals surface area contributed by atoms with Crippen LogP contribution in [-0.4, -0.2) is 30.4 Å².